The predicted molar refractivity (Wildman–Crippen MR) is 102 cm³/mol. The summed E-state index contributed by atoms with van der Waals surface area (Å²) in [6.07, 6.45) is 1.33. The number of hydrogen-bond acceptors (Lipinski definition) is 2. The van der Waals surface area contributed by atoms with Gasteiger partial charge in [0.25, 0.3) is 0 Å². The molecule has 1 heterocycles. The number of nitrogens with zero attached hydrogens (tertiary/aromatic N) is 1. The molecule has 1 aliphatic rings. The summed E-state index contributed by atoms with van der Waals surface area (Å²) < 4.78 is 13.7. The summed E-state index contributed by atoms with van der Waals surface area (Å²) in [5.74, 6) is -0.493. The van der Waals surface area contributed by atoms with Gasteiger partial charge in [0.05, 0.1) is 12.5 Å². The number of carbonyl (C=O) groups is 2. The molecular formula is C22H25FN2O2. The lowest BCUT2D eigenvalue weighted by Crippen LogP contribution is -2.44. The number of piperidine rings is 1. The lowest BCUT2D eigenvalue weighted by atomic mass is 9.94. The van der Waals surface area contributed by atoms with Gasteiger partial charge in [-0.3, -0.25) is 9.59 Å². The second kappa shape index (κ2) is 8.80. The van der Waals surface area contributed by atoms with Crippen molar-refractivity contribution in [2.24, 2.45) is 5.92 Å². The fourth-order valence-corrected chi connectivity index (χ4v) is 3.46. The highest BCUT2D eigenvalue weighted by atomic mass is 19.1. The minimum absolute atomic E-state index is 0.0348. The molecule has 2 aromatic carbocycles. The Bertz CT molecular complexity index is 786. The first-order valence-corrected chi connectivity index (χ1v) is 9.41. The molecule has 1 aliphatic heterocycles. The third-order valence-corrected chi connectivity index (χ3v) is 5.18. The summed E-state index contributed by atoms with van der Waals surface area (Å²) in [6.45, 7) is 3.04. The van der Waals surface area contributed by atoms with Gasteiger partial charge in [0.1, 0.15) is 5.82 Å². The molecular weight excluding hydrogens is 343 g/mol. The molecule has 2 amide bonds. The molecule has 0 bridgehead atoms. The second-order valence-corrected chi connectivity index (χ2v) is 7.06. The number of amides is 2. The molecule has 5 heteroatoms. The average Bonchev–Trinajstić information content (AvgIpc) is 2.70. The fraction of sp³-hybridized carbons (Fsp3) is 0.364. The smallest absolute Gasteiger partial charge is 0.227 e. The first-order valence-electron chi connectivity index (χ1n) is 9.41. The molecule has 1 atom stereocenters. The van der Waals surface area contributed by atoms with E-state index in [-0.39, 0.29) is 36.0 Å². The monoisotopic (exact) mass is 368 g/mol. The molecule has 1 unspecified atom stereocenters. The van der Waals surface area contributed by atoms with Crippen LogP contribution in [0.15, 0.2) is 54.6 Å². The molecule has 0 saturated carbocycles. The van der Waals surface area contributed by atoms with E-state index in [1.54, 1.807) is 23.1 Å². The fourth-order valence-electron chi connectivity index (χ4n) is 3.46. The normalized spacial score (nSPS) is 16.0. The van der Waals surface area contributed by atoms with Crippen LogP contribution >= 0.6 is 0 Å². The summed E-state index contributed by atoms with van der Waals surface area (Å²) in [5.41, 5.74) is 1.49. The van der Waals surface area contributed by atoms with Crippen LogP contribution < -0.4 is 5.32 Å². The Hall–Kier alpha value is -2.69. The number of hydrogen-bond donors (Lipinski definition) is 1. The molecule has 2 aromatic rings. The predicted octanol–water partition coefficient (Wildman–Crippen LogP) is 3.48. The molecule has 4 nitrogen and oxygen atoms in total. The quantitative estimate of drug-likeness (QED) is 0.878. The van der Waals surface area contributed by atoms with E-state index in [1.165, 1.54) is 6.07 Å². The Morgan fingerprint density at radius 1 is 1.07 bits per heavy atom. The number of likely N-dealkylation sites (tertiary alicyclic amines) is 1. The summed E-state index contributed by atoms with van der Waals surface area (Å²) >= 11 is 0. The number of benzene rings is 2. The van der Waals surface area contributed by atoms with E-state index >= 15 is 0 Å². The maximum absolute atomic E-state index is 13.7. The van der Waals surface area contributed by atoms with Crippen LogP contribution in [0.2, 0.25) is 0 Å². The van der Waals surface area contributed by atoms with Gasteiger partial charge in [-0.2, -0.15) is 0 Å². The van der Waals surface area contributed by atoms with Gasteiger partial charge in [0.15, 0.2) is 0 Å². The van der Waals surface area contributed by atoms with Gasteiger partial charge in [-0.1, -0.05) is 48.5 Å². The van der Waals surface area contributed by atoms with E-state index in [2.05, 4.69) is 5.32 Å². The van der Waals surface area contributed by atoms with Crippen molar-refractivity contribution >= 4 is 11.8 Å². The van der Waals surface area contributed by atoms with Gasteiger partial charge in [-0.15, -0.1) is 0 Å². The molecule has 1 N–H and O–H groups in total. The van der Waals surface area contributed by atoms with E-state index in [4.69, 9.17) is 0 Å². The van der Waals surface area contributed by atoms with E-state index in [1.807, 2.05) is 37.3 Å². The highest BCUT2D eigenvalue weighted by Gasteiger charge is 2.28. The molecule has 0 radical (unpaired) electrons. The number of nitrogens with one attached hydrogen (secondary N) is 1. The lowest BCUT2D eigenvalue weighted by Gasteiger charge is -2.32. The maximum Gasteiger partial charge on any atom is 0.227 e. The van der Waals surface area contributed by atoms with Crippen LogP contribution in [0.4, 0.5) is 4.39 Å². The van der Waals surface area contributed by atoms with Crippen LogP contribution in [0.3, 0.4) is 0 Å². The van der Waals surface area contributed by atoms with Crippen molar-refractivity contribution in [3.05, 3.63) is 71.5 Å². The van der Waals surface area contributed by atoms with Crippen molar-refractivity contribution in [2.45, 2.75) is 32.2 Å². The third kappa shape index (κ3) is 4.94. The van der Waals surface area contributed by atoms with E-state index in [9.17, 15) is 14.0 Å². The first kappa shape index (κ1) is 19.1. The molecule has 3 rings (SSSR count). The van der Waals surface area contributed by atoms with Gasteiger partial charge in [-0.05, 0) is 37.0 Å². The summed E-state index contributed by atoms with van der Waals surface area (Å²) in [4.78, 5) is 26.7. The molecule has 0 spiro atoms. The van der Waals surface area contributed by atoms with Gasteiger partial charge < -0.3 is 10.2 Å². The van der Waals surface area contributed by atoms with Crippen LogP contribution in [0.5, 0.6) is 0 Å². The van der Waals surface area contributed by atoms with Crippen molar-refractivity contribution in [2.75, 3.05) is 13.1 Å². The van der Waals surface area contributed by atoms with Crippen LogP contribution in [0.25, 0.3) is 0 Å². The molecule has 0 aromatic heterocycles. The SMILES string of the molecule is CC(NC(=O)C1CCN(C(=O)Cc2ccccc2F)CC1)c1ccccc1. The number of carbonyl (C=O) groups excluding carboxylic acids is 2. The van der Waals surface area contributed by atoms with Crippen molar-refractivity contribution in [3.8, 4) is 0 Å². The van der Waals surface area contributed by atoms with Gasteiger partial charge in [-0.25, -0.2) is 4.39 Å². The summed E-state index contributed by atoms with van der Waals surface area (Å²) in [5, 5.41) is 3.07. The Labute approximate surface area is 159 Å². The Kier molecular flexibility index (Phi) is 6.22. The van der Waals surface area contributed by atoms with Gasteiger partial charge >= 0.3 is 0 Å². The maximum atomic E-state index is 13.7. The number of rotatable bonds is 5. The highest BCUT2D eigenvalue weighted by Crippen LogP contribution is 2.21. The van der Waals surface area contributed by atoms with Crippen molar-refractivity contribution in [1.29, 1.82) is 0 Å². The largest absolute Gasteiger partial charge is 0.349 e. The molecule has 1 fully saturated rings. The van der Waals surface area contributed by atoms with E-state index in [0.29, 0.717) is 31.5 Å². The van der Waals surface area contributed by atoms with E-state index in [0.717, 1.165) is 5.56 Å². The van der Waals surface area contributed by atoms with Crippen molar-refractivity contribution in [1.82, 2.24) is 10.2 Å². The van der Waals surface area contributed by atoms with E-state index < -0.39 is 0 Å². The third-order valence-electron chi connectivity index (χ3n) is 5.18. The molecule has 142 valence electrons. The minimum Gasteiger partial charge on any atom is -0.349 e. The van der Waals surface area contributed by atoms with Crippen LogP contribution in [-0.4, -0.2) is 29.8 Å². The zero-order valence-corrected chi connectivity index (χ0v) is 15.5. The standard InChI is InChI=1S/C22H25FN2O2/c1-16(17-7-3-2-4-8-17)24-22(27)18-11-13-25(14-12-18)21(26)15-19-9-5-6-10-20(19)23/h2-10,16,18H,11-15H2,1H3,(H,24,27). The zero-order valence-electron chi connectivity index (χ0n) is 15.5. The minimum atomic E-state index is -0.352. The lowest BCUT2D eigenvalue weighted by molar-refractivity contribution is -0.135. The van der Waals surface area contributed by atoms with Crippen molar-refractivity contribution in [3.63, 3.8) is 0 Å². The molecule has 1 saturated heterocycles. The first-order chi connectivity index (χ1) is 13.0. The Morgan fingerprint density at radius 2 is 1.70 bits per heavy atom. The van der Waals surface area contributed by atoms with Crippen molar-refractivity contribution < 1.29 is 14.0 Å². The summed E-state index contributed by atoms with van der Waals surface area (Å²) in [7, 11) is 0. The summed E-state index contributed by atoms with van der Waals surface area (Å²) in [6, 6.07) is 16.2. The van der Waals surface area contributed by atoms with Crippen LogP contribution in [0.1, 0.15) is 36.9 Å². The van der Waals surface area contributed by atoms with Gasteiger partial charge in [0.2, 0.25) is 11.8 Å². The molecule has 27 heavy (non-hydrogen) atoms. The average molecular weight is 368 g/mol. The molecule has 0 aliphatic carbocycles. The Balaban J connectivity index is 1.49. The second-order valence-electron chi connectivity index (χ2n) is 7.06. The van der Waals surface area contributed by atoms with Crippen LogP contribution in [0, 0.1) is 11.7 Å². The van der Waals surface area contributed by atoms with Gasteiger partial charge in [0, 0.05) is 19.0 Å². The van der Waals surface area contributed by atoms with Crippen LogP contribution in [-0.2, 0) is 16.0 Å². The highest BCUT2D eigenvalue weighted by molar-refractivity contribution is 5.81. The topological polar surface area (TPSA) is 49.4 Å². The number of halogens is 1. The Morgan fingerprint density at radius 3 is 2.37 bits per heavy atom. The zero-order chi connectivity index (χ0) is 19.2.